The molecule has 0 bridgehead atoms. The molecule has 5 nitrogen and oxygen atoms in total. The topological polar surface area (TPSA) is 52.7 Å². The summed E-state index contributed by atoms with van der Waals surface area (Å²) in [5.74, 6) is 0.137. The van der Waals surface area contributed by atoms with Gasteiger partial charge in [-0.05, 0) is 43.9 Å². The van der Waals surface area contributed by atoms with Crippen molar-refractivity contribution < 1.29 is 9.59 Å². The van der Waals surface area contributed by atoms with E-state index in [1.165, 1.54) is 11.3 Å². The summed E-state index contributed by atoms with van der Waals surface area (Å²) < 4.78 is 0. The molecule has 0 spiro atoms. The summed E-state index contributed by atoms with van der Waals surface area (Å²) in [6.07, 6.45) is 1.43. The number of rotatable bonds is 6. The molecule has 1 atom stereocenters. The molecule has 1 N–H and O–H groups in total. The van der Waals surface area contributed by atoms with Crippen molar-refractivity contribution in [1.82, 2.24) is 15.1 Å². The predicted molar refractivity (Wildman–Crippen MR) is 109 cm³/mol. The Labute approximate surface area is 165 Å². The summed E-state index contributed by atoms with van der Waals surface area (Å²) in [6, 6.07) is 13.8. The second-order valence-corrected chi connectivity index (χ2v) is 8.23. The number of benzene rings is 1. The zero-order valence-corrected chi connectivity index (χ0v) is 16.7. The summed E-state index contributed by atoms with van der Waals surface area (Å²) in [4.78, 5) is 30.0. The normalized spacial score (nSPS) is 16.3. The number of carbonyl (C=O) groups is 2. The van der Waals surface area contributed by atoms with Crippen molar-refractivity contribution in [2.45, 2.75) is 18.9 Å². The van der Waals surface area contributed by atoms with Crippen LogP contribution in [0, 0.1) is 5.92 Å². The van der Waals surface area contributed by atoms with Crippen molar-refractivity contribution in [3.63, 3.8) is 0 Å². The minimum atomic E-state index is -0.0363. The van der Waals surface area contributed by atoms with E-state index in [0.29, 0.717) is 25.9 Å². The Hall–Kier alpha value is -2.18. The Kier molecular flexibility index (Phi) is 6.63. The van der Waals surface area contributed by atoms with Gasteiger partial charge in [0.1, 0.15) is 0 Å². The highest BCUT2D eigenvalue weighted by Crippen LogP contribution is 2.22. The van der Waals surface area contributed by atoms with E-state index in [1.54, 1.807) is 0 Å². The van der Waals surface area contributed by atoms with Gasteiger partial charge >= 0.3 is 0 Å². The van der Waals surface area contributed by atoms with Gasteiger partial charge in [0.05, 0.1) is 10.9 Å². The van der Waals surface area contributed by atoms with Crippen LogP contribution in [0.4, 0.5) is 0 Å². The summed E-state index contributed by atoms with van der Waals surface area (Å²) >= 11 is 1.47. The molecule has 6 heteroatoms. The van der Waals surface area contributed by atoms with Crippen molar-refractivity contribution >= 4 is 23.2 Å². The van der Waals surface area contributed by atoms with Crippen LogP contribution in [0.2, 0.25) is 0 Å². The zero-order chi connectivity index (χ0) is 19.2. The number of nitrogens with zero attached hydrogens (tertiary/aromatic N) is 2. The predicted octanol–water partition coefficient (Wildman–Crippen LogP) is 3.02. The molecule has 3 rings (SSSR count). The largest absolute Gasteiger partial charge is 0.348 e. The van der Waals surface area contributed by atoms with Crippen LogP contribution in [0.15, 0.2) is 47.8 Å². The Bertz CT molecular complexity index is 738. The van der Waals surface area contributed by atoms with Crippen LogP contribution in [0.3, 0.4) is 0 Å². The molecular formula is C21H27N3O2S. The van der Waals surface area contributed by atoms with E-state index < -0.39 is 0 Å². The monoisotopic (exact) mass is 385 g/mol. The smallest absolute Gasteiger partial charge is 0.263 e. The van der Waals surface area contributed by atoms with Crippen molar-refractivity contribution in [3.8, 4) is 0 Å². The number of hydrogen-bond acceptors (Lipinski definition) is 4. The lowest BCUT2D eigenvalue weighted by Crippen LogP contribution is -2.44. The van der Waals surface area contributed by atoms with E-state index in [0.717, 1.165) is 17.0 Å². The van der Waals surface area contributed by atoms with Crippen LogP contribution in [0.1, 0.15) is 34.1 Å². The lowest BCUT2D eigenvalue weighted by molar-refractivity contribution is -0.127. The minimum absolute atomic E-state index is 0.0283. The molecule has 2 aromatic rings. The molecule has 2 amide bonds. The summed E-state index contributed by atoms with van der Waals surface area (Å²) in [5.41, 5.74) is 1.12. The van der Waals surface area contributed by atoms with Crippen LogP contribution < -0.4 is 5.32 Å². The second kappa shape index (κ2) is 9.15. The molecule has 2 heterocycles. The van der Waals surface area contributed by atoms with Crippen LogP contribution in [-0.2, 0) is 4.79 Å². The fourth-order valence-corrected chi connectivity index (χ4v) is 4.17. The molecule has 0 saturated carbocycles. The van der Waals surface area contributed by atoms with Crippen LogP contribution >= 0.6 is 11.3 Å². The zero-order valence-electron chi connectivity index (χ0n) is 15.9. The van der Waals surface area contributed by atoms with Gasteiger partial charge in [-0.1, -0.05) is 36.4 Å². The fraction of sp³-hybridized carbons (Fsp3) is 0.429. The molecule has 0 aliphatic carbocycles. The fourth-order valence-electron chi connectivity index (χ4n) is 3.48. The number of piperidine rings is 1. The molecular weight excluding hydrogens is 358 g/mol. The average molecular weight is 386 g/mol. The van der Waals surface area contributed by atoms with Crippen molar-refractivity contribution in [3.05, 3.63) is 58.3 Å². The van der Waals surface area contributed by atoms with E-state index in [9.17, 15) is 9.59 Å². The van der Waals surface area contributed by atoms with E-state index in [2.05, 4.69) is 22.3 Å². The van der Waals surface area contributed by atoms with Gasteiger partial charge in [-0.15, -0.1) is 11.3 Å². The number of hydrogen-bond donors (Lipinski definition) is 1. The summed E-state index contributed by atoms with van der Waals surface area (Å²) in [6.45, 7) is 2.03. The first kappa shape index (κ1) is 19.6. The Morgan fingerprint density at radius 1 is 1.15 bits per heavy atom. The lowest BCUT2D eigenvalue weighted by Gasteiger charge is -2.32. The number of thiophene rings is 1. The average Bonchev–Trinajstić information content (AvgIpc) is 3.22. The van der Waals surface area contributed by atoms with E-state index in [-0.39, 0.29) is 23.8 Å². The maximum Gasteiger partial charge on any atom is 0.263 e. The van der Waals surface area contributed by atoms with E-state index in [1.807, 2.05) is 54.7 Å². The van der Waals surface area contributed by atoms with Gasteiger partial charge in [-0.2, -0.15) is 0 Å². The van der Waals surface area contributed by atoms with Crippen LogP contribution in [0.25, 0.3) is 0 Å². The van der Waals surface area contributed by atoms with Gasteiger partial charge in [0.25, 0.3) is 5.91 Å². The molecule has 0 radical (unpaired) electrons. The lowest BCUT2D eigenvalue weighted by atomic mass is 9.94. The highest BCUT2D eigenvalue weighted by Gasteiger charge is 2.29. The summed E-state index contributed by atoms with van der Waals surface area (Å²) in [7, 11) is 4.02. The summed E-state index contributed by atoms with van der Waals surface area (Å²) in [5, 5.41) is 5.14. The first-order valence-electron chi connectivity index (χ1n) is 9.37. The van der Waals surface area contributed by atoms with Crippen molar-refractivity contribution in [2.75, 3.05) is 33.7 Å². The SMILES string of the molecule is CN(C)CC(NC(=O)C1CCN(C(=O)c2cccs2)CC1)c1ccccc1. The molecule has 1 aliphatic heterocycles. The number of nitrogens with one attached hydrogen (secondary N) is 1. The van der Waals surface area contributed by atoms with Gasteiger partial charge in [0.2, 0.25) is 5.91 Å². The first-order chi connectivity index (χ1) is 13.0. The van der Waals surface area contributed by atoms with Crippen molar-refractivity contribution in [1.29, 1.82) is 0 Å². The van der Waals surface area contributed by atoms with Gasteiger partial charge in [0.15, 0.2) is 0 Å². The van der Waals surface area contributed by atoms with Gasteiger partial charge in [-0.25, -0.2) is 0 Å². The molecule has 1 aliphatic rings. The first-order valence-corrected chi connectivity index (χ1v) is 10.3. The minimum Gasteiger partial charge on any atom is -0.348 e. The Balaban J connectivity index is 1.57. The number of likely N-dealkylation sites (N-methyl/N-ethyl adjacent to an activating group) is 1. The maximum atomic E-state index is 12.8. The third-order valence-corrected chi connectivity index (χ3v) is 5.81. The van der Waals surface area contributed by atoms with Gasteiger partial charge in [-0.3, -0.25) is 9.59 Å². The standard InChI is InChI=1S/C21H27N3O2S/c1-23(2)15-18(16-7-4-3-5-8-16)22-20(25)17-10-12-24(13-11-17)21(26)19-9-6-14-27-19/h3-9,14,17-18H,10-13,15H2,1-2H3,(H,22,25). The Morgan fingerprint density at radius 2 is 1.85 bits per heavy atom. The Morgan fingerprint density at radius 3 is 2.44 bits per heavy atom. The van der Waals surface area contributed by atoms with Crippen molar-refractivity contribution in [2.24, 2.45) is 5.92 Å². The molecule has 1 unspecified atom stereocenters. The van der Waals surface area contributed by atoms with Gasteiger partial charge < -0.3 is 15.1 Å². The molecule has 1 aromatic carbocycles. The quantitative estimate of drug-likeness (QED) is 0.832. The maximum absolute atomic E-state index is 12.8. The number of amides is 2. The molecule has 1 aromatic heterocycles. The third kappa shape index (κ3) is 5.17. The highest BCUT2D eigenvalue weighted by molar-refractivity contribution is 7.12. The van der Waals surface area contributed by atoms with Crippen LogP contribution in [-0.4, -0.2) is 55.3 Å². The highest BCUT2D eigenvalue weighted by atomic mass is 32.1. The van der Waals surface area contributed by atoms with E-state index in [4.69, 9.17) is 0 Å². The number of likely N-dealkylation sites (tertiary alicyclic amines) is 1. The molecule has 27 heavy (non-hydrogen) atoms. The van der Waals surface area contributed by atoms with Crippen LogP contribution in [0.5, 0.6) is 0 Å². The number of carbonyl (C=O) groups excluding carboxylic acids is 2. The molecule has 1 saturated heterocycles. The molecule has 1 fully saturated rings. The molecule has 144 valence electrons. The second-order valence-electron chi connectivity index (χ2n) is 7.28. The third-order valence-electron chi connectivity index (χ3n) is 4.95. The van der Waals surface area contributed by atoms with Gasteiger partial charge in [0, 0.05) is 25.6 Å². The van der Waals surface area contributed by atoms with E-state index >= 15 is 0 Å².